The lowest BCUT2D eigenvalue weighted by Gasteiger charge is -1.73. The van der Waals surface area contributed by atoms with Crippen LogP contribution in [0.5, 0.6) is 0 Å². The Bertz CT molecular complexity index is 224. The smallest absolute Gasteiger partial charge is 0.251 e. The largest absolute Gasteiger partial charge is 0.274 e. The normalized spacial score (nSPS) is 8.50. The van der Waals surface area contributed by atoms with Crippen LogP contribution in [-0.2, 0) is 0 Å². The van der Waals surface area contributed by atoms with Crippen LogP contribution >= 0.6 is 27.3 Å². The molecule has 0 fully saturated rings. The fraction of sp³-hybridized carbons (Fsp3) is 0. The second-order valence-electron chi connectivity index (χ2n) is 1.06. The number of halogens is 1. The van der Waals surface area contributed by atoms with Gasteiger partial charge in [-0.2, -0.15) is 0 Å². The van der Waals surface area contributed by atoms with Crippen molar-refractivity contribution in [1.29, 1.82) is 0 Å². The Morgan fingerprint density at radius 3 is 2.88 bits per heavy atom. The molecule has 0 atom stereocenters. The van der Waals surface area contributed by atoms with E-state index in [9.17, 15) is 0 Å². The Labute approximate surface area is 59.1 Å². The van der Waals surface area contributed by atoms with Crippen LogP contribution in [0.1, 0.15) is 0 Å². The fourth-order valence-electron chi connectivity index (χ4n) is 0.299. The fourth-order valence-corrected chi connectivity index (χ4v) is 1.37. The number of nitrogens with zero attached hydrogens (tertiary/aromatic N) is 2. The molecule has 0 saturated carbocycles. The molecule has 0 unspecified atom stereocenters. The number of aromatic nitrogens is 1. The highest BCUT2D eigenvalue weighted by atomic mass is 79.9. The van der Waals surface area contributed by atoms with E-state index < -0.39 is 0 Å². The van der Waals surface area contributed by atoms with E-state index in [0.29, 0.717) is 9.60 Å². The molecule has 0 aliphatic rings. The predicted octanol–water partition coefficient (Wildman–Crippen LogP) is 2.46. The molecule has 2 nitrogen and oxygen atoms in total. The molecule has 0 N–H and O–H groups in total. The van der Waals surface area contributed by atoms with Crippen LogP contribution in [0.25, 0.3) is 4.85 Å². The molecular formula is C4HBrN2S. The van der Waals surface area contributed by atoms with Gasteiger partial charge in [-0.3, -0.25) is 4.98 Å². The van der Waals surface area contributed by atoms with Crippen LogP contribution < -0.4 is 0 Å². The molecule has 40 valence electrons. The van der Waals surface area contributed by atoms with E-state index >= 15 is 0 Å². The van der Waals surface area contributed by atoms with Gasteiger partial charge in [-0.25, -0.2) is 4.85 Å². The van der Waals surface area contributed by atoms with E-state index in [2.05, 4.69) is 25.8 Å². The van der Waals surface area contributed by atoms with Gasteiger partial charge in [0.25, 0.3) is 5.00 Å². The van der Waals surface area contributed by atoms with Gasteiger partial charge in [0.2, 0.25) is 0 Å². The van der Waals surface area contributed by atoms with E-state index in [1.54, 1.807) is 5.51 Å². The Hall–Kier alpha value is -0.400. The number of hydrogen-bond donors (Lipinski definition) is 0. The lowest BCUT2D eigenvalue weighted by molar-refractivity contribution is 1.37. The maximum Gasteiger partial charge on any atom is 0.274 e. The van der Waals surface area contributed by atoms with Crippen LogP contribution in [-0.4, -0.2) is 4.98 Å². The van der Waals surface area contributed by atoms with Crippen molar-refractivity contribution in [3.05, 3.63) is 21.5 Å². The summed E-state index contributed by atoms with van der Waals surface area (Å²) in [4.78, 5) is 7.00. The molecule has 0 aliphatic carbocycles. The van der Waals surface area contributed by atoms with Gasteiger partial charge in [-0.05, 0) is 15.9 Å². The summed E-state index contributed by atoms with van der Waals surface area (Å²) in [7, 11) is 0. The van der Waals surface area contributed by atoms with Gasteiger partial charge in [-0.15, -0.1) is 11.3 Å². The first-order valence-corrected chi connectivity index (χ1v) is 3.48. The second-order valence-corrected chi connectivity index (χ2v) is 2.64. The van der Waals surface area contributed by atoms with Gasteiger partial charge < -0.3 is 0 Å². The monoisotopic (exact) mass is 188 g/mol. The number of rotatable bonds is 0. The summed E-state index contributed by atoms with van der Waals surface area (Å²) >= 11 is 4.45. The van der Waals surface area contributed by atoms with Gasteiger partial charge in [0.1, 0.15) is 4.60 Å². The van der Waals surface area contributed by atoms with Crippen molar-refractivity contribution in [2.24, 2.45) is 0 Å². The molecule has 0 aromatic carbocycles. The summed E-state index contributed by atoms with van der Waals surface area (Å²) in [6, 6.07) is 0. The number of hydrogen-bond acceptors (Lipinski definition) is 2. The zero-order valence-corrected chi connectivity index (χ0v) is 6.16. The Kier molecular flexibility index (Phi) is 1.61. The Morgan fingerprint density at radius 1 is 1.88 bits per heavy atom. The minimum Gasteiger partial charge on any atom is -0.251 e. The van der Waals surface area contributed by atoms with Gasteiger partial charge in [0, 0.05) is 0 Å². The lowest BCUT2D eigenvalue weighted by Crippen LogP contribution is -1.53. The third-order valence-corrected chi connectivity index (χ3v) is 2.17. The Balaban J connectivity index is 3.15. The van der Waals surface area contributed by atoms with E-state index in [0.717, 1.165) is 0 Å². The van der Waals surface area contributed by atoms with Crippen molar-refractivity contribution < 1.29 is 0 Å². The van der Waals surface area contributed by atoms with E-state index in [1.807, 2.05) is 0 Å². The summed E-state index contributed by atoms with van der Waals surface area (Å²) < 4.78 is 0.650. The first-order valence-electron chi connectivity index (χ1n) is 1.81. The summed E-state index contributed by atoms with van der Waals surface area (Å²) in [6.45, 7) is 6.57. The summed E-state index contributed by atoms with van der Waals surface area (Å²) in [5.74, 6) is 0. The topological polar surface area (TPSA) is 17.2 Å². The van der Waals surface area contributed by atoms with Crippen molar-refractivity contribution in [1.82, 2.24) is 4.98 Å². The second kappa shape index (κ2) is 2.25. The van der Waals surface area contributed by atoms with Gasteiger partial charge in [0.05, 0.1) is 12.1 Å². The molecule has 1 aromatic heterocycles. The molecule has 4 heteroatoms. The summed E-state index contributed by atoms with van der Waals surface area (Å²) in [6.07, 6.45) is 0. The van der Waals surface area contributed by atoms with Crippen LogP contribution in [0.3, 0.4) is 0 Å². The highest BCUT2D eigenvalue weighted by Crippen LogP contribution is 2.27. The third-order valence-electron chi connectivity index (χ3n) is 0.608. The Morgan fingerprint density at radius 2 is 2.62 bits per heavy atom. The molecule has 0 saturated heterocycles. The van der Waals surface area contributed by atoms with Crippen LogP contribution in [0.2, 0.25) is 0 Å². The van der Waals surface area contributed by atoms with Crippen molar-refractivity contribution in [3.63, 3.8) is 0 Å². The van der Waals surface area contributed by atoms with Crippen molar-refractivity contribution in [2.45, 2.75) is 0 Å². The average Bonchev–Trinajstić information content (AvgIpc) is 2.14. The van der Waals surface area contributed by atoms with Crippen LogP contribution in [0.15, 0.2) is 10.1 Å². The van der Waals surface area contributed by atoms with Crippen LogP contribution in [0, 0.1) is 6.57 Å². The summed E-state index contributed by atoms with van der Waals surface area (Å²) in [5, 5.41) is 0.616. The van der Waals surface area contributed by atoms with Gasteiger partial charge in [0.15, 0.2) is 0 Å². The van der Waals surface area contributed by atoms with E-state index in [-0.39, 0.29) is 0 Å². The molecule has 1 heterocycles. The minimum atomic E-state index is 0.616. The number of thiazole rings is 1. The zero-order valence-electron chi connectivity index (χ0n) is 3.76. The van der Waals surface area contributed by atoms with E-state index in [1.165, 1.54) is 11.3 Å². The van der Waals surface area contributed by atoms with Crippen molar-refractivity contribution >= 4 is 32.3 Å². The molecule has 0 radical (unpaired) electrons. The molecule has 0 spiro atoms. The maximum absolute atomic E-state index is 6.57. The molecule has 8 heavy (non-hydrogen) atoms. The summed E-state index contributed by atoms with van der Waals surface area (Å²) in [5.41, 5.74) is 1.64. The first kappa shape index (κ1) is 5.73. The highest BCUT2D eigenvalue weighted by molar-refractivity contribution is 9.10. The molecule has 1 rings (SSSR count). The standard InChI is InChI=1S/C4HBrN2S/c1-6-4-3(5)7-2-8-4/h2H. The lowest BCUT2D eigenvalue weighted by atomic mass is 10.9. The molecular weight excluding hydrogens is 188 g/mol. The maximum atomic E-state index is 6.57. The van der Waals surface area contributed by atoms with Gasteiger partial charge in [-0.1, -0.05) is 0 Å². The third kappa shape index (κ3) is 0.881. The quantitative estimate of drug-likeness (QED) is 0.573. The first-order chi connectivity index (χ1) is 3.84. The van der Waals surface area contributed by atoms with E-state index in [4.69, 9.17) is 6.57 Å². The molecule has 1 aromatic rings. The van der Waals surface area contributed by atoms with Gasteiger partial charge >= 0.3 is 0 Å². The molecule has 0 amide bonds. The molecule has 0 bridgehead atoms. The molecule has 0 aliphatic heterocycles. The van der Waals surface area contributed by atoms with Crippen molar-refractivity contribution in [2.75, 3.05) is 0 Å². The minimum absolute atomic E-state index is 0.616. The SMILES string of the molecule is [C-]#[N+]c1scnc1Br. The highest BCUT2D eigenvalue weighted by Gasteiger charge is 1.97. The van der Waals surface area contributed by atoms with Crippen molar-refractivity contribution in [3.8, 4) is 0 Å². The zero-order chi connectivity index (χ0) is 5.98. The van der Waals surface area contributed by atoms with Crippen LogP contribution in [0.4, 0.5) is 5.00 Å². The average molecular weight is 189 g/mol. The predicted molar refractivity (Wildman–Crippen MR) is 36.1 cm³/mol.